The number of ether oxygens (including phenoxy) is 2. The lowest BCUT2D eigenvalue weighted by atomic mass is 10.4. The van der Waals surface area contributed by atoms with Gasteiger partial charge in [0.25, 0.3) is 0 Å². The SMILES string of the molecule is COCC(CNS(=O)(=O)c1ccc(S(N)(=O)=O)cc1)OC. The van der Waals surface area contributed by atoms with E-state index in [-0.39, 0.29) is 22.9 Å². The number of hydrogen-bond donors (Lipinski definition) is 2. The third kappa shape index (κ3) is 5.34. The fourth-order valence-electron chi connectivity index (χ4n) is 1.49. The van der Waals surface area contributed by atoms with Gasteiger partial charge in [-0.25, -0.2) is 26.7 Å². The second kappa shape index (κ2) is 7.29. The summed E-state index contributed by atoms with van der Waals surface area (Å²) in [5.41, 5.74) is 0. The number of methoxy groups -OCH3 is 2. The van der Waals surface area contributed by atoms with Gasteiger partial charge in [-0.15, -0.1) is 0 Å². The van der Waals surface area contributed by atoms with E-state index in [4.69, 9.17) is 14.6 Å². The molecule has 0 fully saturated rings. The number of nitrogens with one attached hydrogen (secondary N) is 1. The van der Waals surface area contributed by atoms with Crippen LogP contribution in [0, 0.1) is 0 Å². The van der Waals surface area contributed by atoms with Gasteiger partial charge in [0.2, 0.25) is 20.0 Å². The highest BCUT2D eigenvalue weighted by Crippen LogP contribution is 2.13. The second-order valence-corrected chi connectivity index (χ2v) is 7.51. The molecule has 10 heteroatoms. The molecule has 0 saturated heterocycles. The number of hydrogen-bond acceptors (Lipinski definition) is 6. The first-order valence-electron chi connectivity index (χ1n) is 5.85. The van der Waals surface area contributed by atoms with Gasteiger partial charge in [0.1, 0.15) is 0 Å². The molecule has 1 rings (SSSR count). The van der Waals surface area contributed by atoms with Gasteiger partial charge in [-0.3, -0.25) is 0 Å². The zero-order valence-corrected chi connectivity index (χ0v) is 13.3. The van der Waals surface area contributed by atoms with Gasteiger partial charge in [-0.1, -0.05) is 0 Å². The predicted molar refractivity (Wildman–Crippen MR) is 75.7 cm³/mol. The fourth-order valence-corrected chi connectivity index (χ4v) is 3.07. The molecule has 0 bridgehead atoms. The maximum Gasteiger partial charge on any atom is 0.240 e. The lowest BCUT2D eigenvalue weighted by Crippen LogP contribution is -2.35. The van der Waals surface area contributed by atoms with Gasteiger partial charge in [-0.2, -0.15) is 0 Å². The van der Waals surface area contributed by atoms with Crippen LogP contribution in [0.3, 0.4) is 0 Å². The van der Waals surface area contributed by atoms with Crippen LogP contribution >= 0.6 is 0 Å². The molecule has 1 aromatic carbocycles. The van der Waals surface area contributed by atoms with Gasteiger partial charge >= 0.3 is 0 Å². The fraction of sp³-hybridized carbons (Fsp3) is 0.455. The summed E-state index contributed by atoms with van der Waals surface area (Å²) in [5.74, 6) is 0. The van der Waals surface area contributed by atoms with E-state index < -0.39 is 26.2 Å². The van der Waals surface area contributed by atoms with Gasteiger partial charge in [0.05, 0.1) is 22.5 Å². The molecule has 1 aromatic rings. The monoisotopic (exact) mass is 338 g/mol. The molecule has 0 aliphatic heterocycles. The maximum atomic E-state index is 12.0. The number of rotatable bonds is 8. The summed E-state index contributed by atoms with van der Waals surface area (Å²) in [6.07, 6.45) is -0.423. The summed E-state index contributed by atoms with van der Waals surface area (Å²) in [6.45, 7) is 0.271. The first-order valence-corrected chi connectivity index (χ1v) is 8.88. The van der Waals surface area contributed by atoms with Crippen LogP contribution in [0.15, 0.2) is 34.1 Å². The molecule has 120 valence electrons. The van der Waals surface area contributed by atoms with Crippen molar-refractivity contribution in [2.75, 3.05) is 27.4 Å². The number of nitrogens with two attached hydrogens (primary N) is 1. The second-order valence-electron chi connectivity index (χ2n) is 4.18. The number of primary sulfonamides is 1. The van der Waals surface area contributed by atoms with Gasteiger partial charge in [-0.05, 0) is 24.3 Å². The highest BCUT2D eigenvalue weighted by molar-refractivity contribution is 7.89. The first-order chi connectivity index (χ1) is 9.70. The Morgan fingerprint density at radius 1 is 1.10 bits per heavy atom. The maximum absolute atomic E-state index is 12.0. The van der Waals surface area contributed by atoms with Crippen molar-refractivity contribution in [3.05, 3.63) is 24.3 Å². The van der Waals surface area contributed by atoms with Crippen molar-refractivity contribution in [3.8, 4) is 0 Å². The Morgan fingerprint density at radius 3 is 2.05 bits per heavy atom. The number of benzene rings is 1. The Hall–Kier alpha value is -1.04. The van der Waals surface area contributed by atoms with E-state index in [1.54, 1.807) is 0 Å². The predicted octanol–water partition coefficient (Wildman–Crippen LogP) is -0.726. The third-order valence-electron chi connectivity index (χ3n) is 2.65. The average molecular weight is 338 g/mol. The molecule has 0 aromatic heterocycles. The molecule has 0 saturated carbocycles. The van der Waals surface area contributed by atoms with Crippen molar-refractivity contribution in [1.29, 1.82) is 0 Å². The Kier molecular flexibility index (Phi) is 6.25. The van der Waals surface area contributed by atoms with Gasteiger partial charge in [0, 0.05) is 20.8 Å². The summed E-state index contributed by atoms with van der Waals surface area (Å²) >= 11 is 0. The normalized spacial score (nSPS) is 14.0. The molecule has 0 aliphatic rings. The molecule has 0 radical (unpaired) electrons. The Bertz CT molecular complexity index is 654. The van der Waals surface area contributed by atoms with Gasteiger partial charge in [0.15, 0.2) is 0 Å². The molecule has 0 spiro atoms. The zero-order chi connectivity index (χ0) is 16.1. The van der Waals surface area contributed by atoms with Gasteiger partial charge < -0.3 is 9.47 Å². The van der Waals surface area contributed by atoms with Crippen molar-refractivity contribution in [2.24, 2.45) is 5.14 Å². The lowest BCUT2D eigenvalue weighted by Gasteiger charge is -2.15. The Morgan fingerprint density at radius 2 is 1.62 bits per heavy atom. The summed E-state index contributed by atoms with van der Waals surface area (Å²) in [4.78, 5) is -0.224. The summed E-state index contributed by atoms with van der Waals surface area (Å²) < 4.78 is 58.5. The standard InChI is InChI=1S/C11H18N2O6S2/c1-18-8-9(19-2)7-13-21(16,17)11-5-3-10(4-6-11)20(12,14)15/h3-6,9,13H,7-8H2,1-2H3,(H2,12,14,15). The van der Waals surface area contributed by atoms with Crippen molar-refractivity contribution in [3.63, 3.8) is 0 Å². The highest BCUT2D eigenvalue weighted by atomic mass is 32.2. The molecule has 3 N–H and O–H groups in total. The van der Waals surface area contributed by atoms with Crippen molar-refractivity contribution < 1.29 is 26.3 Å². The number of sulfonamides is 2. The molecule has 0 heterocycles. The van der Waals surface area contributed by atoms with Crippen LogP contribution in [0.25, 0.3) is 0 Å². The molecule has 1 atom stereocenters. The van der Waals surface area contributed by atoms with Crippen LogP contribution in [0.5, 0.6) is 0 Å². The minimum Gasteiger partial charge on any atom is -0.382 e. The van der Waals surface area contributed by atoms with Crippen LogP contribution in [0.1, 0.15) is 0 Å². The minimum absolute atomic E-state index is 0.0314. The van der Waals surface area contributed by atoms with E-state index in [0.717, 1.165) is 12.1 Å². The molecular formula is C11H18N2O6S2. The van der Waals surface area contributed by atoms with E-state index in [1.165, 1.54) is 26.4 Å². The van der Waals surface area contributed by atoms with Crippen LogP contribution < -0.4 is 9.86 Å². The summed E-state index contributed by atoms with van der Waals surface area (Å²) in [6, 6.07) is 4.60. The van der Waals surface area contributed by atoms with Crippen LogP contribution in [-0.2, 0) is 29.5 Å². The minimum atomic E-state index is -3.85. The average Bonchev–Trinajstić information content (AvgIpc) is 2.42. The Labute approximate surface area is 124 Å². The Balaban J connectivity index is 2.84. The molecule has 0 amide bonds. The highest BCUT2D eigenvalue weighted by Gasteiger charge is 2.18. The van der Waals surface area contributed by atoms with Crippen molar-refractivity contribution in [1.82, 2.24) is 4.72 Å². The third-order valence-corrected chi connectivity index (χ3v) is 5.02. The van der Waals surface area contributed by atoms with E-state index in [1.807, 2.05) is 0 Å². The quantitative estimate of drug-likeness (QED) is 0.644. The van der Waals surface area contributed by atoms with Crippen molar-refractivity contribution in [2.45, 2.75) is 15.9 Å². The molecule has 1 unspecified atom stereocenters. The van der Waals surface area contributed by atoms with E-state index >= 15 is 0 Å². The lowest BCUT2D eigenvalue weighted by molar-refractivity contribution is 0.0320. The smallest absolute Gasteiger partial charge is 0.240 e. The molecule has 21 heavy (non-hydrogen) atoms. The molecular weight excluding hydrogens is 320 g/mol. The largest absolute Gasteiger partial charge is 0.382 e. The first kappa shape index (κ1) is 18.0. The van der Waals surface area contributed by atoms with Crippen LogP contribution in [0.2, 0.25) is 0 Å². The van der Waals surface area contributed by atoms with Crippen LogP contribution in [0.4, 0.5) is 0 Å². The molecule has 0 aliphatic carbocycles. The molecule has 8 nitrogen and oxygen atoms in total. The van der Waals surface area contributed by atoms with Crippen molar-refractivity contribution >= 4 is 20.0 Å². The topological polar surface area (TPSA) is 125 Å². The van der Waals surface area contributed by atoms with E-state index in [9.17, 15) is 16.8 Å². The zero-order valence-electron chi connectivity index (χ0n) is 11.6. The van der Waals surface area contributed by atoms with E-state index in [0.29, 0.717) is 0 Å². The van der Waals surface area contributed by atoms with Crippen LogP contribution in [-0.4, -0.2) is 50.3 Å². The van der Waals surface area contributed by atoms with E-state index in [2.05, 4.69) is 4.72 Å². The summed E-state index contributed by atoms with van der Waals surface area (Å²) in [5, 5.41) is 4.94. The summed E-state index contributed by atoms with van der Waals surface area (Å²) in [7, 11) is -4.70.